The van der Waals surface area contributed by atoms with Crippen LogP contribution in [0.1, 0.15) is 32.3 Å². The molecule has 0 spiro atoms. The Morgan fingerprint density at radius 2 is 2.11 bits per heavy atom. The molecule has 2 N–H and O–H groups in total. The van der Waals surface area contributed by atoms with Gasteiger partial charge in [0, 0.05) is 12.6 Å². The lowest BCUT2D eigenvalue weighted by atomic mass is 9.93. The molecule has 0 radical (unpaired) electrons. The van der Waals surface area contributed by atoms with E-state index in [9.17, 15) is 4.39 Å². The number of piperidine rings is 1. The van der Waals surface area contributed by atoms with Gasteiger partial charge in [0.1, 0.15) is 5.82 Å². The van der Waals surface area contributed by atoms with Gasteiger partial charge in [-0.25, -0.2) is 4.39 Å². The highest BCUT2D eigenvalue weighted by atomic mass is 19.1. The Morgan fingerprint density at radius 1 is 1.33 bits per heavy atom. The number of rotatable bonds is 3. The second kappa shape index (κ2) is 5.70. The summed E-state index contributed by atoms with van der Waals surface area (Å²) in [5, 5.41) is 0. The molecule has 1 aliphatic rings. The third kappa shape index (κ3) is 2.66. The summed E-state index contributed by atoms with van der Waals surface area (Å²) in [7, 11) is 0. The molecule has 1 saturated heterocycles. The first-order valence-electron chi connectivity index (χ1n) is 6.87. The predicted molar refractivity (Wildman–Crippen MR) is 74.4 cm³/mol. The Bertz CT molecular complexity index is 405. The summed E-state index contributed by atoms with van der Waals surface area (Å²) in [5.74, 6) is 0.522. The van der Waals surface area contributed by atoms with Crippen molar-refractivity contribution in [3.63, 3.8) is 0 Å². The number of hydrogen-bond acceptors (Lipinski definition) is 2. The van der Waals surface area contributed by atoms with E-state index < -0.39 is 0 Å². The van der Waals surface area contributed by atoms with Crippen molar-refractivity contribution in [1.29, 1.82) is 0 Å². The fourth-order valence-electron chi connectivity index (χ4n) is 2.84. The average molecular weight is 250 g/mol. The molecular weight excluding hydrogens is 227 g/mol. The summed E-state index contributed by atoms with van der Waals surface area (Å²) >= 11 is 0. The number of para-hydroxylation sites is 1. The lowest BCUT2D eigenvalue weighted by Crippen LogP contribution is -2.42. The van der Waals surface area contributed by atoms with Crippen molar-refractivity contribution in [2.75, 3.05) is 18.0 Å². The van der Waals surface area contributed by atoms with Gasteiger partial charge < -0.3 is 10.6 Å². The molecule has 2 nitrogen and oxygen atoms in total. The summed E-state index contributed by atoms with van der Waals surface area (Å²) in [6.07, 6.45) is 3.11. The molecule has 1 heterocycles. The van der Waals surface area contributed by atoms with Gasteiger partial charge in [-0.3, -0.25) is 0 Å². The topological polar surface area (TPSA) is 29.3 Å². The highest BCUT2D eigenvalue weighted by Crippen LogP contribution is 2.32. The summed E-state index contributed by atoms with van der Waals surface area (Å²) in [4.78, 5) is 2.23. The molecule has 100 valence electrons. The molecule has 0 amide bonds. The van der Waals surface area contributed by atoms with E-state index in [0.717, 1.165) is 30.6 Å². The average Bonchev–Trinajstić information content (AvgIpc) is 2.34. The smallest absolute Gasteiger partial charge is 0.146 e. The molecular formula is C15H23FN2. The molecule has 1 aromatic carbocycles. The molecule has 2 rings (SSSR count). The molecule has 18 heavy (non-hydrogen) atoms. The van der Waals surface area contributed by atoms with Crippen LogP contribution in [0.5, 0.6) is 0 Å². The van der Waals surface area contributed by atoms with Crippen molar-refractivity contribution in [3.8, 4) is 0 Å². The highest BCUT2D eigenvalue weighted by Gasteiger charge is 2.26. The van der Waals surface area contributed by atoms with Crippen LogP contribution in [0, 0.1) is 11.7 Å². The van der Waals surface area contributed by atoms with Crippen LogP contribution in [0.25, 0.3) is 0 Å². The number of nitrogens with zero attached hydrogens (tertiary/aromatic N) is 1. The van der Waals surface area contributed by atoms with Crippen LogP contribution in [-0.4, -0.2) is 19.1 Å². The van der Waals surface area contributed by atoms with Crippen molar-refractivity contribution in [2.45, 2.75) is 39.2 Å². The van der Waals surface area contributed by atoms with Crippen molar-refractivity contribution in [1.82, 2.24) is 0 Å². The minimum atomic E-state index is -0.109. The molecule has 1 aromatic rings. The quantitative estimate of drug-likeness (QED) is 0.893. The van der Waals surface area contributed by atoms with E-state index in [1.54, 1.807) is 12.1 Å². The van der Waals surface area contributed by atoms with Crippen molar-refractivity contribution < 1.29 is 4.39 Å². The zero-order valence-corrected chi connectivity index (χ0v) is 11.3. The standard InChI is InChI=1S/C15H23FN2/c1-11-6-7-12(2)18(10-11)15-13(8-9-17)4-3-5-14(15)16/h3-5,11-12H,6-10,17H2,1-2H3. The minimum Gasteiger partial charge on any atom is -0.366 e. The third-order valence-electron chi connectivity index (χ3n) is 3.89. The van der Waals surface area contributed by atoms with Crippen molar-refractivity contribution in [3.05, 3.63) is 29.6 Å². The Hall–Kier alpha value is -1.09. The van der Waals surface area contributed by atoms with Crippen LogP contribution in [-0.2, 0) is 6.42 Å². The Labute approximate surface area is 109 Å². The van der Waals surface area contributed by atoms with Gasteiger partial charge in [0.05, 0.1) is 5.69 Å². The van der Waals surface area contributed by atoms with Crippen LogP contribution in [0.3, 0.4) is 0 Å². The minimum absolute atomic E-state index is 0.109. The molecule has 2 unspecified atom stereocenters. The van der Waals surface area contributed by atoms with E-state index in [1.165, 1.54) is 6.42 Å². The van der Waals surface area contributed by atoms with E-state index in [2.05, 4.69) is 18.7 Å². The lowest BCUT2D eigenvalue weighted by Gasteiger charge is -2.39. The number of nitrogens with two attached hydrogens (primary N) is 1. The van der Waals surface area contributed by atoms with Crippen LogP contribution < -0.4 is 10.6 Å². The molecule has 0 bridgehead atoms. The van der Waals surface area contributed by atoms with Gasteiger partial charge in [-0.15, -0.1) is 0 Å². The third-order valence-corrected chi connectivity index (χ3v) is 3.89. The fourth-order valence-corrected chi connectivity index (χ4v) is 2.84. The number of halogens is 1. The van der Waals surface area contributed by atoms with Gasteiger partial charge in [-0.05, 0) is 50.3 Å². The van der Waals surface area contributed by atoms with E-state index in [1.807, 2.05) is 6.07 Å². The SMILES string of the molecule is CC1CCC(C)N(c2c(F)cccc2CCN)C1. The van der Waals surface area contributed by atoms with Gasteiger partial charge in [0.15, 0.2) is 0 Å². The van der Waals surface area contributed by atoms with E-state index in [-0.39, 0.29) is 5.82 Å². The Kier molecular flexibility index (Phi) is 4.23. The van der Waals surface area contributed by atoms with Gasteiger partial charge in [0.2, 0.25) is 0 Å². The van der Waals surface area contributed by atoms with E-state index >= 15 is 0 Å². The second-order valence-electron chi connectivity index (χ2n) is 5.47. The largest absolute Gasteiger partial charge is 0.366 e. The van der Waals surface area contributed by atoms with Gasteiger partial charge in [-0.2, -0.15) is 0 Å². The molecule has 1 aliphatic heterocycles. The van der Waals surface area contributed by atoms with Gasteiger partial charge >= 0.3 is 0 Å². The van der Waals surface area contributed by atoms with E-state index in [4.69, 9.17) is 5.73 Å². The molecule has 0 saturated carbocycles. The highest BCUT2D eigenvalue weighted by molar-refractivity contribution is 5.56. The maximum Gasteiger partial charge on any atom is 0.146 e. The summed E-state index contributed by atoms with van der Waals surface area (Å²) in [6, 6.07) is 5.75. The maximum absolute atomic E-state index is 14.2. The van der Waals surface area contributed by atoms with Crippen LogP contribution in [0.15, 0.2) is 18.2 Å². The zero-order valence-electron chi connectivity index (χ0n) is 11.3. The molecule has 0 aromatic heterocycles. The number of benzene rings is 1. The first-order chi connectivity index (χ1) is 8.63. The van der Waals surface area contributed by atoms with Crippen LogP contribution in [0.4, 0.5) is 10.1 Å². The molecule has 0 aliphatic carbocycles. The normalized spacial score (nSPS) is 24.3. The van der Waals surface area contributed by atoms with Gasteiger partial charge in [-0.1, -0.05) is 19.1 Å². The lowest BCUT2D eigenvalue weighted by molar-refractivity contribution is 0.386. The number of anilines is 1. The first-order valence-corrected chi connectivity index (χ1v) is 6.87. The molecule has 3 heteroatoms. The maximum atomic E-state index is 14.2. The number of hydrogen-bond donors (Lipinski definition) is 1. The first kappa shape index (κ1) is 13.3. The molecule has 1 fully saturated rings. The van der Waals surface area contributed by atoms with Crippen molar-refractivity contribution in [2.24, 2.45) is 11.7 Å². The monoisotopic (exact) mass is 250 g/mol. The summed E-state index contributed by atoms with van der Waals surface area (Å²) in [5.41, 5.74) is 7.45. The summed E-state index contributed by atoms with van der Waals surface area (Å²) < 4.78 is 14.2. The Balaban J connectivity index is 2.35. The van der Waals surface area contributed by atoms with Crippen molar-refractivity contribution >= 4 is 5.69 Å². The van der Waals surface area contributed by atoms with E-state index in [0.29, 0.717) is 18.5 Å². The Morgan fingerprint density at radius 3 is 2.83 bits per heavy atom. The second-order valence-corrected chi connectivity index (χ2v) is 5.47. The van der Waals surface area contributed by atoms with Crippen LogP contribution in [0.2, 0.25) is 0 Å². The van der Waals surface area contributed by atoms with Crippen LogP contribution >= 0.6 is 0 Å². The van der Waals surface area contributed by atoms with Gasteiger partial charge in [0.25, 0.3) is 0 Å². The fraction of sp³-hybridized carbons (Fsp3) is 0.600. The zero-order chi connectivity index (χ0) is 13.1. The summed E-state index contributed by atoms with van der Waals surface area (Å²) in [6.45, 7) is 5.93. The molecule has 2 atom stereocenters. The predicted octanol–water partition coefficient (Wildman–Crippen LogP) is 2.95.